The van der Waals surface area contributed by atoms with Gasteiger partial charge in [-0.2, -0.15) is 0 Å². The first kappa shape index (κ1) is 21.3. The molecule has 1 heterocycles. The summed E-state index contributed by atoms with van der Waals surface area (Å²) in [5.41, 5.74) is 0.571. The number of thiophene rings is 1. The molecule has 0 spiro atoms. The van der Waals surface area contributed by atoms with E-state index < -0.39 is 10.0 Å². The van der Waals surface area contributed by atoms with E-state index in [1.165, 1.54) is 15.6 Å². The maximum atomic E-state index is 13.0. The van der Waals surface area contributed by atoms with Crippen molar-refractivity contribution in [1.29, 1.82) is 0 Å². The van der Waals surface area contributed by atoms with Crippen molar-refractivity contribution in [2.75, 3.05) is 24.6 Å². The Morgan fingerprint density at radius 2 is 1.90 bits per heavy atom. The first-order valence-electron chi connectivity index (χ1n) is 9.28. The smallest absolute Gasteiger partial charge is 0.264 e. The van der Waals surface area contributed by atoms with E-state index in [2.05, 4.69) is 5.32 Å². The van der Waals surface area contributed by atoms with Crippen LogP contribution in [0.15, 0.2) is 59.5 Å². The molecule has 0 aliphatic rings. The van der Waals surface area contributed by atoms with E-state index in [0.29, 0.717) is 23.7 Å². The Morgan fingerprint density at radius 1 is 1.17 bits per heavy atom. The van der Waals surface area contributed by atoms with Crippen LogP contribution in [0.3, 0.4) is 0 Å². The molecule has 2 aromatic carbocycles. The molecule has 8 heteroatoms. The quantitative estimate of drug-likeness (QED) is 0.586. The van der Waals surface area contributed by atoms with E-state index >= 15 is 0 Å². The summed E-state index contributed by atoms with van der Waals surface area (Å²) in [6.45, 7) is 4.41. The minimum absolute atomic E-state index is 0.0973. The molecule has 1 amide bonds. The predicted octanol–water partition coefficient (Wildman–Crippen LogP) is 3.88. The molecule has 0 saturated carbocycles. The zero-order valence-corrected chi connectivity index (χ0v) is 18.2. The van der Waals surface area contributed by atoms with Crippen LogP contribution in [0.25, 0.3) is 10.1 Å². The van der Waals surface area contributed by atoms with Crippen molar-refractivity contribution in [3.8, 4) is 0 Å². The van der Waals surface area contributed by atoms with Gasteiger partial charge in [0.15, 0.2) is 0 Å². The van der Waals surface area contributed by atoms with E-state index in [-0.39, 0.29) is 16.8 Å². The molecule has 0 radical (unpaired) electrons. The molecule has 0 unspecified atom stereocenters. The number of nitrogens with zero attached hydrogens (tertiary/aromatic N) is 1. The third-order valence-corrected chi connectivity index (χ3v) is 7.46. The molecule has 0 aliphatic carbocycles. The Labute approximate surface area is 175 Å². The number of benzene rings is 2. The fourth-order valence-corrected chi connectivity index (χ4v) is 5.53. The minimum Gasteiger partial charge on any atom is -0.383 e. The molecule has 3 rings (SSSR count). The van der Waals surface area contributed by atoms with Gasteiger partial charge in [0.25, 0.3) is 15.9 Å². The first-order chi connectivity index (χ1) is 13.9. The number of fused-ring (bicyclic) bond motifs is 1. The number of ether oxygens (including phenoxy) is 1. The zero-order valence-electron chi connectivity index (χ0n) is 16.6. The van der Waals surface area contributed by atoms with Gasteiger partial charge in [0.05, 0.1) is 22.1 Å². The molecule has 1 aromatic heterocycles. The van der Waals surface area contributed by atoms with Crippen LogP contribution >= 0.6 is 11.3 Å². The number of hydrogen-bond donors (Lipinski definition) is 1. The summed E-state index contributed by atoms with van der Waals surface area (Å²) in [4.78, 5) is 13.3. The molecule has 0 bridgehead atoms. The Morgan fingerprint density at radius 3 is 2.55 bits per heavy atom. The lowest BCUT2D eigenvalue weighted by molar-refractivity contribution is 0.0909. The van der Waals surface area contributed by atoms with Crippen molar-refractivity contribution >= 4 is 43.0 Å². The second-order valence-corrected chi connectivity index (χ2v) is 9.59. The number of methoxy groups -OCH3 is 1. The van der Waals surface area contributed by atoms with Crippen LogP contribution in [0, 0.1) is 0 Å². The lowest BCUT2D eigenvalue weighted by atomic mass is 10.2. The van der Waals surface area contributed by atoms with Crippen LogP contribution in [0.4, 0.5) is 5.69 Å². The second-order valence-electron chi connectivity index (χ2n) is 6.65. The highest BCUT2D eigenvalue weighted by Gasteiger charge is 2.24. The standard InChI is InChI=1S/C21H24N2O4S2/c1-4-23(29(25,26)18-8-6-5-7-9-18)17-10-11-19-16(12-17)13-20(28-19)21(24)22-15(2)14-27-3/h5-13,15H,4,14H2,1-3H3,(H,22,24)/t15-/m1/s1. The van der Waals surface area contributed by atoms with Gasteiger partial charge in [-0.25, -0.2) is 8.42 Å². The molecule has 1 N–H and O–H groups in total. The number of carbonyl (C=O) groups is 1. The molecule has 3 aromatic rings. The number of carbonyl (C=O) groups excluding carboxylic acids is 1. The van der Waals surface area contributed by atoms with Crippen molar-refractivity contribution in [2.24, 2.45) is 0 Å². The Kier molecular flexibility index (Phi) is 6.56. The number of sulfonamides is 1. The number of hydrogen-bond acceptors (Lipinski definition) is 5. The van der Waals surface area contributed by atoms with Gasteiger partial charge in [0, 0.05) is 24.4 Å². The van der Waals surface area contributed by atoms with Gasteiger partial charge in [-0.3, -0.25) is 9.10 Å². The molecular weight excluding hydrogens is 408 g/mol. The van der Waals surface area contributed by atoms with Gasteiger partial charge in [-0.05, 0) is 55.6 Å². The van der Waals surface area contributed by atoms with E-state index in [4.69, 9.17) is 4.74 Å². The maximum absolute atomic E-state index is 13.0. The highest BCUT2D eigenvalue weighted by Crippen LogP contribution is 2.31. The largest absolute Gasteiger partial charge is 0.383 e. The number of amides is 1. The second kappa shape index (κ2) is 8.94. The third-order valence-electron chi connectivity index (χ3n) is 4.42. The minimum atomic E-state index is -3.66. The summed E-state index contributed by atoms with van der Waals surface area (Å²) < 4.78 is 33.4. The number of anilines is 1. The normalized spacial score (nSPS) is 12.7. The summed E-state index contributed by atoms with van der Waals surface area (Å²) in [5.74, 6) is -0.165. The van der Waals surface area contributed by atoms with E-state index in [1.807, 2.05) is 19.1 Å². The molecule has 154 valence electrons. The van der Waals surface area contributed by atoms with E-state index in [9.17, 15) is 13.2 Å². The molecule has 29 heavy (non-hydrogen) atoms. The molecule has 0 fully saturated rings. The van der Waals surface area contributed by atoms with Gasteiger partial charge >= 0.3 is 0 Å². The van der Waals surface area contributed by atoms with Crippen molar-refractivity contribution in [1.82, 2.24) is 5.32 Å². The van der Waals surface area contributed by atoms with E-state index in [0.717, 1.165) is 10.1 Å². The van der Waals surface area contributed by atoms with Crippen molar-refractivity contribution < 1.29 is 17.9 Å². The molecule has 1 atom stereocenters. The van der Waals surface area contributed by atoms with Crippen molar-refractivity contribution in [2.45, 2.75) is 24.8 Å². The fraction of sp³-hybridized carbons (Fsp3) is 0.286. The topological polar surface area (TPSA) is 75.7 Å². The number of rotatable bonds is 8. The van der Waals surface area contributed by atoms with Crippen LogP contribution < -0.4 is 9.62 Å². The molecule has 0 saturated heterocycles. The third kappa shape index (κ3) is 4.60. The molecule has 0 aliphatic heterocycles. The average Bonchev–Trinajstić information content (AvgIpc) is 3.13. The predicted molar refractivity (Wildman–Crippen MR) is 117 cm³/mol. The fourth-order valence-electron chi connectivity index (χ4n) is 3.10. The lowest BCUT2D eigenvalue weighted by Crippen LogP contribution is -2.35. The van der Waals surface area contributed by atoms with Crippen molar-refractivity contribution in [3.63, 3.8) is 0 Å². The molecular formula is C21H24N2O4S2. The van der Waals surface area contributed by atoms with Crippen LogP contribution in [0.2, 0.25) is 0 Å². The average molecular weight is 433 g/mol. The van der Waals surface area contributed by atoms with Gasteiger partial charge < -0.3 is 10.1 Å². The molecule has 6 nitrogen and oxygen atoms in total. The monoisotopic (exact) mass is 432 g/mol. The summed E-state index contributed by atoms with van der Waals surface area (Å²) in [7, 11) is -2.07. The first-order valence-corrected chi connectivity index (χ1v) is 11.5. The Hall–Kier alpha value is -2.42. The van der Waals surface area contributed by atoms with Crippen LogP contribution in [-0.2, 0) is 14.8 Å². The van der Waals surface area contributed by atoms with Crippen LogP contribution in [0.1, 0.15) is 23.5 Å². The SMILES string of the molecule is CCN(c1ccc2sc(C(=O)N[C@H](C)COC)cc2c1)S(=O)(=O)c1ccccc1. The highest BCUT2D eigenvalue weighted by molar-refractivity contribution is 7.92. The Bertz CT molecular complexity index is 1090. The lowest BCUT2D eigenvalue weighted by Gasteiger charge is -2.23. The highest BCUT2D eigenvalue weighted by atomic mass is 32.2. The summed E-state index contributed by atoms with van der Waals surface area (Å²) >= 11 is 1.38. The summed E-state index contributed by atoms with van der Waals surface area (Å²) in [6, 6.07) is 15.5. The van der Waals surface area contributed by atoms with Crippen LogP contribution in [-0.4, -0.2) is 40.6 Å². The van der Waals surface area contributed by atoms with Gasteiger partial charge in [0.2, 0.25) is 0 Å². The van der Waals surface area contributed by atoms with Crippen molar-refractivity contribution in [3.05, 3.63) is 59.5 Å². The zero-order chi connectivity index (χ0) is 21.0. The summed E-state index contributed by atoms with van der Waals surface area (Å²) in [6.07, 6.45) is 0. The van der Waals surface area contributed by atoms with Crippen LogP contribution in [0.5, 0.6) is 0 Å². The number of nitrogens with one attached hydrogen (secondary N) is 1. The maximum Gasteiger partial charge on any atom is 0.264 e. The van der Waals surface area contributed by atoms with Gasteiger partial charge in [-0.1, -0.05) is 18.2 Å². The van der Waals surface area contributed by atoms with Gasteiger partial charge in [0.1, 0.15) is 0 Å². The Balaban J connectivity index is 1.91. The van der Waals surface area contributed by atoms with Gasteiger partial charge in [-0.15, -0.1) is 11.3 Å². The van der Waals surface area contributed by atoms with E-state index in [1.54, 1.807) is 56.5 Å². The summed E-state index contributed by atoms with van der Waals surface area (Å²) in [5, 5.41) is 3.72.